The van der Waals surface area contributed by atoms with Gasteiger partial charge in [-0.05, 0) is 99.6 Å². The molecule has 0 spiro atoms. The molecule has 0 saturated carbocycles. The van der Waals surface area contributed by atoms with E-state index in [1.165, 1.54) is 15.4 Å². The molecule has 3 aromatic carbocycles. The second-order valence-electron chi connectivity index (χ2n) is 17.7. The Morgan fingerprint density at radius 2 is 1.49 bits per heavy atom. The zero-order chi connectivity index (χ0) is 50.1. The van der Waals surface area contributed by atoms with E-state index in [0.717, 1.165) is 61.3 Å². The summed E-state index contributed by atoms with van der Waals surface area (Å²) in [4.78, 5) is 61.4. The molecule has 2 aliphatic heterocycles. The number of amides is 2. The molecule has 2 fully saturated rings. The summed E-state index contributed by atoms with van der Waals surface area (Å²) >= 11 is 0. The highest BCUT2D eigenvalue weighted by Gasteiger charge is 2.30. The second kappa shape index (κ2) is 25.8. The number of likely N-dealkylation sites (tertiary alicyclic amines) is 1. The van der Waals surface area contributed by atoms with Crippen molar-refractivity contribution in [3.8, 4) is 34.5 Å². The van der Waals surface area contributed by atoms with E-state index in [9.17, 15) is 24.4 Å². The SMILES string of the molecule is Cc1nn(C2CCC(=O)NC2=O)c(=O)c2ccc(NCCOCCOCCOCCOCCCN3CCC(COc4cnc(-c5cccc(Cn6nc(-c7cccc(C#N)c7)ccc6=O)c5)nc4)CC3)cc12. The molecule has 19 heteroatoms. The van der Waals surface area contributed by atoms with Crippen molar-refractivity contribution in [2.24, 2.45) is 5.92 Å². The van der Waals surface area contributed by atoms with Crippen molar-refractivity contribution < 1.29 is 33.3 Å². The first-order valence-corrected chi connectivity index (χ1v) is 24.5. The molecule has 2 saturated heterocycles. The first-order valence-electron chi connectivity index (χ1n) is 24.5. The third kappa shape index (κ3) is 14.2. The van der Waals surface area contributed by atoms with Crippen LogP contribution in [0.5, 0.6) is 5.75 Å². The lowest BCUT2D eigenvalue weighted by molar-refractivity contribution is -0.136. The average molecular weight is 981 g/mol. The summed E-state index contributed by atoms with van der Waals surface area (Å²) in [6.45, 7) is 10.4. The van der Waals surface area contributed by atoms with Gasteiger partial charge in [-0.2, -0.15) is 15.5 Å². The van der Waals surface area contributed by atoms with E-state index in [-0.39, 0.29) is 36.4 Å². The molecule has 1 unspecified atom stereocenters. The Balaban J connectivity index is 0.619. The Labute approximate surface area is 417 Å². The lowest BCUT2D eigenvalue weighted by atomic mass is 9.98. The number of aryl methyl sites for hydroxylation is 1. The largest absolute Gasteiger partial charge is 0.490 e. The minimum absolute atomic E-state index is 0.167. The number of nitrogens with one attached hydrogen (secondary N) is 2. The van der Waals surface area contributed by atoms with Gasteiger partial charge in [0.25, 0.3) is 17.0 Å². The highest BCUT2D eigenvalue weighted by Crippen LogP contribution is 2.24. The monoisotopic (exact) mass is 980 g/mol. The van der Waals surface area contributed by atoms with Gasteiger partial charge in [-0.1, -0.05) is 30.3 Å². The standard InChI is InChI=1S/C53H60N10O9/c1-37-46-31-43(9-10-45(46)53(67)63(59-37)48-12-13-49(64)58-52(48)66)55-17-22-69-24-26-71-28-27-70-25-23-68-21-4-18-61-19-15-38(16-20-61)36-72-44-33-56-51(57-34-44)42-8-3-6-40(30-42)35-62-50(65)14-11-47(60-62)41-7-2-5-39(29-41)32-54/h2-3,5-11,14,29-31,33-34,38,48,55H,4,12-13,15-28,35-36H2,1H3,(H,58,64,66). The van der Waals surface area contributed by atoms with Crippen LogP contribution in [0.25, 0.3) is 33.4 Å². The average Bonchev–Trinajstić information content (AvgIpc) is 3.40. The number of anilines is 1. The highest BCUT2D eigenvalue weighted by molar-refractivity contribution is 5.99. The maximum atomic E-state index is 13.2. The van der Waals surface area contributed by atoms with Crippen LogP contribution in [0.1, 0.15) is 55.0 Å². The lowest BCUT2D eigenvalue weighted by Gasteiger charge is -2.31. The Morgan fingerprint density at radius 1 is 0.764 bits per heavy atom. The van der Waals surface area contributed by atoms with Crippen LogP contribution in [0.4, 0.5) is 5.69 Å². The van der Waals surface area contributed by atoms with Crippen LogP contribution in [0.15, 0.2) is 101 Å². The number of rotatable bonds is 25. The first kappa shape index (κ1) is 51.2. The smallest absolute Gasteiger partial charge is 0.275 e. The summed E-state index contributed by atoms with van der Waals surface area (Å²) in [6.07, 6.45) is 6.92. The number of aromatic nitrogens is 6. The second-order valence-corrected chi connectivity index (χ2v) is 17.7. The summed E-state index contributed by atoms with van der Waals surface area (Å²) in [5, 5.41) is 25.0. The Bertz CT molecular complexity index is 2950. The van der Waals surface area contributed by atoms with Gasteiger partial charge in [0.2, 0.25) is 5.91 Å². The third-order valence-corrected chi connectivity index (χ3v) is 12.6. The molecule has 5 heterocycles. The van der Waals surface area contributed by atoms with E-state index >= 15 is 0 Å². The van der Waals surface area contributed by atoms with Crippen molar-refractivity contribution in [3.63, 3.8) is 0 Å². The number of carbonyl (C=O) groups excluding carboxylic acids is 2. The van der Waals surface area contributed by atoms with Gasteiger partial charge in [0.1, 0.15) is 6.04 Å². The molecule has 3 aromatic heterocycles. The van der Waals surface area contributed by atoms with Gasteiger partial charge in [0.05, 0.1) is 100 Å². The number of piperidine rings is 2. The fraction of sp³-hybridized carbons (Fsp3) is 0.415. The van der Waals surface area contributed by atoms with Gasteiger partial charge >= 0.3 is 0 Å². The minimum Gasteiger partial charge on any atom is -0.490 e. The van der Waals surface area contributed by atoms with E-state index in [4.69, 9.17) is 23.7 Å². The summed E-state index contributed by atoms with van der Waals surface area (Å²) in [5.74, 6) is 0.808. The van der Waals surface area contributed by atoms with Crippen LogP contribution in [0.2, 0.25) is 0 Å². The zero-order valence-corrected chi connectivity index (χ0v) is 40.5. The predicted octanol–water partition coefficient (Wildman–Crippen LogP) is 4.94. The van der Waals surface area contributed by atoms with Gasteiger partial charge in [0, 0.05) is 54.4 Å². The molecule has 6 aromatic rings. The van der Waals surface area contributed by atoms with Gasteiger partial charge in [0.15, 0.2) is 11.6 Å². The number of ether oxygens (including phenoxy) is 5. The van der Waals surface area contributed by atoms with Crippen molar-refractivity contribution in [2.45, 2.75) is 51.6 Å². The van der Waals surface area contributed by atoms with Crippen molar-refractivity contribution in [2.75, 3.05) is 91.0 Å². The zero-order valence-electron chi connectivity index (χ0n) is 40.5. The molecule has 0 aliphatic carbocycles. The van der Waals surface area contributed by atoms with E-state index in [2.05, 4.69) is 41.8 Å². The predicted molar refractivity (Wildman–Crippen MR) is 268 cm³/mol. The normalized spacial score (nSPS) is 15.4. The molecule has 0 bridgehead atoms. The fourth-order valence-corrected chi connectivity index (χ4v) is 8.65. The van der Waals surface area contributed by atoms with Crippen LogP contribution >= 0.6 is 0 Å². The summed E-state index contributed by atoms with van der Waals surface area (Å²) in [6, 6.07) is 24.8. The van der Waals surface area contributed by atoms with Crippen molar-refractivity contribution >= 4 is 28.3 Å². The maximum Gasteiger partial charge on any atom is 0.275 e. The van der Waals surface area contributed by atoms with Gasteiger partial charge in [-0.3, -0.25) is 24.5 Å². The number of nitriles is 1. The van der Waals surface area contributed by atoms with Crippen molar-refractivity contribution in [1.82, 2.24) is 39.7 Å². The third-order valence-electron chi connectivity index (χ3n) is 12.6. The number of benzene rings is 3. The van der Waals surface area contributed by atoms with E-state index in [1.807, 2.05) is 42.5 Å². The molecule has 2 amide bonds. The van der Waals surface area contributed by atoms with Crippen LogP contribution in [-0.2, 0) is 35.1 Å². The molecule has 2 aliphatic rings. The first-order chi connectivity index (χ1) is 35.2. The summed E-state index contributed by atoms with van der Waals surface area (Å²) < 4.78 is 31.5. The number of hydrogen-bond donors (Lipinski definition) is 2. The molecule has 72 heavy (non-hydrogen) atoms. The van der Waals surface area contributed by atoms with Crippen LogP contribution < -0.4 is 26.5 Å². The quantitative estimate of drug-likeness (QED) is 0.0572. The lowest BCUT2D eigenvalue weighted by Crippen LogP contribution is -2.45. The molecular weight excluding hydrogens is 921 g/mol. The van der Waals surface area contributed by atoms with Gasteiger partial charge in [-0.25, -0.2) is 19.3 Å². The Kier molecular flexibility index (Phi) is 18.3. The van der Waals surface area contributed by atoms with Crippen LogP contribution in [0.3, 0.4) is 0 Å². The molecule has 19 nitrogen and oxygen atoms in total. The molecule has 2 N–H and O–H groups in total. The van der Waals surface area contributed by atoms with Gasteiger partial charge in [-0.15, -0.1) is 0 Å². The molecule has 8 rings (SSSR count). The number of carbonyl (C=O) groups is 2. The Morgan fingerprint density at radius 3 is 2.24 bits per heavy atom. The summed E-state index contributed by atoms with van der Waals surface area (Å²) in [7, 11) is 0. The van der Waals surface area contributed by atoms with Crippen LogP contribution in [0, 0.1) is 24.2 Å². The molecule has 0 radical (unpaired) electrons. The molecule has 1 atom stereocenters. The van der Waals surface area contributed by atoms with E-state index in [0.29, 0.717) is 111 Å². The van der Waals surface area contributed by atoms with Crippen molar-refractivity contribution in [3.05, 3.63) is 129 Å². The van der Waals surface area contributed by atoms with E-state index < -0.39 is 11.9 Å². The number of hydrogen-bond acceptors (Lipinski definition) is 16. The van der Waals surface area contributed by atoms with Gasteiger partial charge < -0.3 is 33.9 Å². The van der Waals surface area contributed by atoms with Crippen LogP contribution in [-0.4, -0.2) is 132 Å². The number of fused-ring (bicyclic) bond motifs is 1. The van der Waals surface area contributed by atoms with Crippen molar-refractivity contribution in [1.29, 1.82) is 5.26 Å². The number of imide groups is 1. The number of nitrogens with zero attached hydrogens (tertiary/aromatic N) is 8. The maximum absolute atomic E-state index is 13.2. The highest BCUT2D eigenvalue weighted by atomic mass is 16.6. The fourth-order valence-electron chi connectivity index (χ4n) is 8.65. The Hall–Kier alpha value is -7.21. The topological polar surface area (TPSA) is 227 Å². The van der Waals surface area contributed by atoms with E-state index in [1.54, 1.807) is 49.6 Å². The minimum atomic E-state index is -0.806. The molecular formula is C53H60N10O9. The summed E-state index contributed by atoms with van der Waals surface area (Å²) in [5.41, 5.74) is 4.45. The molecule has 376 valence electrons.